The van der Waals surface area contributed by atoms with Gasteiger partial charge in [0.05, 0.1) is 23.3 Å². The second-order valence-corrected chi connectivity index (χ2v) is 6.84. The fraction of sp³-hybridized carbons (Fsp3) is 0.389. The molecule has 7 heteroatoms. The highest BCUT2D eigenvalue weighted by Gasteiger charge is 2.31. The van der Waals surface area contributed by atoms with Crippen molar-refractivity contribution in [2.75, 3.05) is 18.5 Å². The van der Waals surface area contributed by atoms with Crippen molar-refractivity contribution in [1.29, 1.82) is 0 Å². The van der Waals surface area contributed by atoms with Crippen LogP contribution in [0.5, 0.6) is 0 Å². The summed E-state index contributed by atoms with van der Waals surface area (Å²) >= 11 is 1.68. The number of hydrogen-bond acceptors (Lipinski definition) is 4. The highest BCUT2D eigenvalue weighted by atomic mass is 32.1. The third kappa shape index (κ3) is 4.36. The van der Waals surface area contributed by atoms with Gasteiger partial charge in [0.15, 0.2) is 5.96 Å². The number of thiazole rings is 1. The molecular formula is C18H23N5OS. The van der Waals surface area contributed by atoms with Gasteiger partial charge in [-0.15, -0.1) is 11.3 Å². The van der Waals surface area contributed by atoms with Gasteiger partial charge in [0.25, 0.3) is 0 Å². The summed E-state index contributed by atoms with van der Waals surface area (Å²) in [6.07, 6.45) is 1.42. The lowest BCUT2D eigenvalue weighted by Gasteiger charge is -2.18. The van der Waals surface area contributed by atoms with Crippen LogP contribution >= 0.6 is 11.3 Å². The van der Waals surface area contributed by atoms with Crippen molar-refractivity contribution < 1.29 is 4.79 Å². The van der Waals surface area contributed by atoms with Gasteiger partial charge in [0, 0.05) is 31.1 Å². The SMILES string of the molecule is CCc1nc(CNC(=NC)NC2CC(=O)N(c3ccccc3)C2)cs1. The maximum absolute atomic E-state index is 12.3. The van der Waals surface area contributed by atoms with Crippen LogP contribution in [-0.4, -0.2) is 36.5 Å². The summed E-state index contributed by atoms with van der Waals surface area (Å²) in [7, 11) is 1.74. The molecule has 2 aromatic rings. The Bertz CT molecular complexity index is 743. The average molecular weight is 357 g/mol. The standard InChI is InChI=1S/C18H23N5OS/c1-3-16-21-14(12-25-16)10-20-18(19-2)22-13-9-17(24)23(11-13)15-7-5-4-6-8-15/h4-8,12-13H,3,9-11H2,1-2H3,(H2,19,20,22). The molecule has 3 rings (SSSR count). The van der Waals surface area contributed by atoms with Gasteiger partial charge in [0.2, 0.25) is 5.91 Å². The summed E-state index contributed by atoms with van der Waals surface area (Å²) < 4.78 is 0. The molecule has 132 valence electrons. The first kappa shape index (κ1) is 17.4. The maximum Gasteiger partial charge on any atom is 0.229 e. The third-order valence-corrected chi connectivity index (χ3v) is 5.14. The van der Waals surface area contributed by atoms with E-state index in [9.17, 15) is 4.79 Å². The van der Waals surface area contributed by atoms with Gasteiger partial charge in [-0.1, -0.05) is 25.1 Å². The zero-order valence-corrected chi connectivity index (χ0v) is 15.3. The molecule has 1 amide bonds. The maximum atomic E-state index is 12.3. The molecule has 1 aliphatic heterocycles. The minimum Gasteiger partial charge on any atom is -0.351 e. The molecule has 1 saturated heterocycles. The summed E-state index contributed by atoms with van der Waals surface area (Å²) in [5, 5.41) is 9.81. The Balaban J connectivity index is 1.54. The lowest BCUT2D eigenvalue weighted by molar-refractivity contribution is -0.117. The van der Waals surface area contributed by atoms with Crippen molar-refractivity contribution >= 4 is 28.9 Å². The predicted octanol–water partition coefficient (Wildman–Crippen LogP) is 2.18. The van der Waals surface area contributed by atoms with Gasteiger partial charge in [-0.05, 0) is 18.6 Å². The van der Waals surface area contributed by atoms with E-state index in [0.717, 1.165) is 22.8 Å². The van der Waals surface area contributed by atoms with E-state index in [0.29, 0.717) is 25.5 Å². The molecule has 1 fully saturated rings. The first-order chi connectivity index (χ1) is 12.2. The van der Waals surface area contributed by atoms with Crippen LogP contribution in [0.1, 0.15) is 24.0 Å². The number of carbonyl (C=O) groups excluding carboxylic acids is 1. The van der Waals surface area contributed by atoms with E-state index in [4.69, 9.17) is 0 Å². The Kier molecular flexibility index (Phi) is 5.65. The highest BCUT2D eigenvalue weighted by molar-refractivity contribution is 7.09. The minimum absolute atomic E-state index is 0.0422. The number of amides is 1. The number of para-hydroxylation sites is 1. The zero-order valence-electron chi connectivity index (χ0n) is 14.5. The molecule has 0 bridgehead atoms. The molecular weight excluding hydrogens is 334 g/mol. The van der Waals surface area contributed by atoms with E-state index >= 15 is 0 Å². The Morgan fingerprint density at radius 1 is 1.40 bits per heavy atom. The van der Waals surface area contributed by atoms with Crippen LogP contribution in [0.15, 0.2) is 40.7 Å². The van der Waals surface area contributed by atoms with Gasteiger partial charge in [-0.25, -0.2) is 4.98 Å². The molecule has 2 heterocycles. The van der Waals surface area contributed by atoms with Crippen molar-refractivity contribution in [1.82, 2.24) is 15.6 Å². The number of aromatic nitrogens is 1. The number of nitrogens with zero attached hydrogens (tertiary/aromatic N) is 3. The zero-order chi connectivity index (χ0) is 17.6. The molecule has 0 radical (unpaired) electrons. The number of nitrogens with one attached hydrogen (secondary N) is 2. The Morgan fingerprint density at radius 3 is 2.88 bits per heavy atom. The Labute approximate surface area is 152 Å². The first-order valence-corrected chi connectivity index (χ1v) is 9.33. The normalized spacial score (nSPS) is 17.8. The summed E-state index contributed by atoms with van der Waals surface area (Å²) in [4.78, 5) is 22.9. The largest absolute Gasteiger partial charge is 0.351 e. The van der Waals surface area contributed by atoms with Crippen LogP contribution < -0.4 is 15.5 Å². The van der Waals surface area contributed by atoms with Crippen LogP contribution in [0.3, 0.4) is 0 Å². The first-order valence-electron chi connectivity index (χ1n) is 8.45. The summed E-state index contributed by atoms with van der Waals surface area (Å²) in [6.45, 7) is 3.37. The fourth-order valence-electron chi connectivity index (χ4n) is 2.82. The number of rotatable bonds is 5. The molecule has 0 saturated carbocycles. The molecule has 25 heavy (non-hydrogen) atoms. The van der Waals surface area contributed by atoms with E-state index in [2.05, 4.69) is 32.9 Å². The molecule has 1 aromatic heterocycles. The summed E-state index contributed by atoms with van der Waals surface area (Å²) in [5.74, 6) is 0.824. The number of benzene rings is 1. The number of carbonyl (C=O) groups is 1. The minimum atomic E-state index is 0.0422. The van der Waals surface area contributed by atoms with Gasteiger partial charge in [0.1, 0.15) is 0 Å². The van der Waals surface area contributed by atoms with E-state index < -0.39 is 0 Å². The van der Waals surface area contributed by atoms with Gasteiger partial charge in [-0.2, -0.15) is 0 Å². The van der Waals surface area contributed by atoms with Crippen molar-refractivity contribution in [2.24, 2.45) is 4.99 Å². The number of aryl methyl sites for hydroxylation is 1. The summed E-state index contributed by atoms with van der Waals surface area (Å²) in [5.41, 5.74) is 1.95. The van der Waals surface area contributed by atoms with Crippen molar-refractivity contribution in [3.63, 3.8) is 0 Å². The van der Waals surface area contributed by atoms with Crippen LogP contribution in [-0.2, 0) is 17.8 Å². The molecule has 0 spiro atoms. The van der Waals surface area contributed by atoms with Crippen molar-refractivity contribution in [2.45, 2.75) is 32.4 Å². The van der Waals surface area contributed by atoms with Crippen molar-refractivity contribution in [3.05, 3.63) is 46.4 Å². The van der Waals surface area contributed by atoms with Gasteiger partial charge in [-0.3, -0.25) is 9.79 Å². The average Bonchev–Trinajstić information content (AvgIpc) is 3.25. The molecule has 1 aliphatic rings. The summed E-state index contributed by atoms with van der Waals surface area (Å²) in [6, 6.07) is 9.81. The highest BCUT2D eigenvalue weighted by Crippen LogP contribution is 2.20. The van der Waals surface area contributed by atoms with E-state index in [1.54, 1.807) is 18.4 Å². The van der Waals surface area contributed by atoms with Crippen LogP contribution in [0.4, 0.5) is 5.69 Å². The second-order valence-electron chi connectivity index (χ2n) is 5.90. The van der Waals surface area contributed by atoms with Crippen molar-refractivity contribution in [3.8, 4) is 0 Å². The lowest BCUT2D eigenvalue weighted by atomic mass is 10.2. The number of guanidine groups is 1. The topological polar surface area (TPSA) is 69.6 Å². The Hall–Kier alpha value is -2.41. The third-order valence-electron chi connectivity index (χ3n) is 4.10. The van der Waals surface area contributed by atoms with Crippen LogP contribution in [0.25, 0.3) is 0 Å². The molecule has 1 unspecified atom stereocenters. The lowest BCUT2D eigenvalue weighted by Crippen LogP contribution is -2.44. The predicted molar refractivity (Wildman–Crippen MR) is 102 cm³/mol. The molecule has 1 aromatic carbocycles. The van der Waals surface area contributed by atoms with Crippen LogP contribution in [0.2, 0.25) is 0 Å². The molecule has 6 nitrogen and oxygen atoms in total. The Morgan fingerprint density at radius 2 is 2.20 bits per heavy atom. The van der Waals surface area contributed by atoms with E-state index in [-0.39, 0.29) is 11.9 Å². The molecule has 2 N–H and O–H groups in total. The number of anilines is 1. The number of aliphatic imine (C=N–C) groups is 1. The molecule has 1 atom stereocenters. The fourth-order valence-corrected chi connectivity index (χ4v) is 3.56. The molecule has 0 aliphatic carbocycles. The smallest absolute Gasteiger partial charge is 0.229 e. The van der Waals surface area contributed by atoms with Gasteiger partial charge >= 0.3 is 0 Å². The van der Waals surface area contributed by atoms with E-state index in [1.807, 2.05) is 35.2 Å². The van der Waals surface area contributed by atoms with Crippen LogP contribution in [0, 0.1) is 0 Å². The monoisotopic (exact) mass is 357 g/mol. The van der Waals surface area contributed by atoms with Gasteiger partial charge < -0.3 is 15.5 Å². The number of hydrogen-bond donors (Lipinski definition) is 2. The second kappa shape index (κ2) is 8.11. The van der Waals surface area contributed by atoms with E-state index in [1.165, 1.54) is 0 Å². The quantitative estimate of drug-likeness (QED) is 0.636.